The fourth-order valence-electron chi connectivity index (χ4n) is 0.882. The number of hydrogen-bond acceptors (Lipinski definition) is 1. The lowest BCUT2D eigenvalue weighted by molar-refractivity contribution is 0.386. The first-order valence-electron chi connectivity index (χ1n) is 4.15. The molecule has 0 radical (unpaired) electrons. The molecule has 1 rings (SSSR count). The second-order valence-electron chi connectivity index (χ2n) is 2.26. The summed E-state index contributed by atoms with van der Waals surface area (Å²) in [4.78, 5) is 0. The molecule has 1 aromatic carbocycles. The summed E-state index contributed by atoms with van der Waals surface area (Å²) in [5.41, 5.74) is 0.785. The zero-order valence-corrected chi connectivity index (χ0v) is 9.07. The van der Waals surface area contributed by atoms with E-state index in [2.05, 4.69) is 0 Å². The van der Waals surface area contributed by atoms with E-state index in [-0.39, 0.29) is 5.75 Å². The fraction of sp³-hybridized carbons (Fsp3) is 0.400. The number of benzene rings is 1. The van der Waals surface area contributed by atoms with Crippen LogP contribution in [0.25, 0.3) is 0 Å². The molecule has 3 heteroatoms. The van der Waals surface area contributed by atoms with Gasteiger partial charge in [-0.25, -0.2) is 4.39 Å². The standard InChI is InChI=1S/C8H8ClFO.C2H6/c1-5-3-6(9)8(11-2)7(10)4-5;1-2/h3-4H,1-2H3;1-2H3. The van der Waals surface area contributed by atoms with Crippen molar-refractivity contribution in [3.63, 3.8) is 0 Å². The summed E-state index contributed by atoms with van der Waals surface area (Å²) in [6.07, 6.45) is 0. The van der Waals surface area contributed by atoms with Crippen molar-refractivity contribution in [3.05, 3.63) is 28.5 Å². The molecule has 0 saturated heterocycles. The average Bonchev–Trinajstić information content (AvgIpc) is 2.07. The topological polar surface area (TPSA) is 9.23 Å². The quantitative estimate of drug-likeness (QED) is 0.676. The minimum atomic E-state index is -0.419. The number of ether oxygens (including phenoxy) is 1. The monoisotopic (exact) mass is 204 g/mol. The van der Waals surface area contributed by atoms with Gasteiger partial charge in [-0.2, -0.15) is 0 Å². The molecule has 1 aromatic rings. The second-order valence-corrected chi connectivity index (χ2v) is 2.67. The lowest BCUT2D eigenvalue weighted by atomic mass is 10.2. The normalized spacial score (nSPS) is 8.77. The number of halogens is 2. The molecule has 0 spiro atoms. The predicted molar refractivity (Wildman–Crippen MR) is 54.0 cm³/mol. The van der Waals surface area contributed by atoms with Crippen molar-refractivity contribution in [2.24, 2.45) is 0 Å². The van der Waals surface area contributed by atoms with Crippen molar-refractivity contribution in [2.75, 3.05) is 7.11 Å². The third-order valence-corrected chi connectivity index (χ3v) is 1.63. The molecule has 0 saturated carbocycles. The molecule has 0 aliphatic carbocycles. The summed E-state index contributed by atoms with van der Waals surface area (Å²) >= 11 is 5.67. The molecule has 0 bridgehead atoms. The van der Waals surface area contributed by atoms with Gasteiger partial charge < -0.3 is 4.74 Å². The highest BCUT2D eigenvalue weighted by atomic mass is 35.5. The molecule has 1 nitrogen and oxygen atoms in total. The molecule has 0 heterocycles. The number of rotatable bonds is 1. The van der Waals surface area contributed by atoms with Gasteiger partial charge in [0.2, 0.25) is 0 Å². The molecule has 0 aliphatic heterocycles. The van der Waals surface area contributed by atoms with Crippen molar-refractivity contribution in [1.82, 2.24) is 0 Å². The largest absolute Gasteiger partial charge is 0.492 e. The Labute approximate surface area is 83.5 Å². The lowest BCUT2D eigenvalue weighted by Crippen LogP contribution is -1.89. The molecule has 0 unspecified atom stereocenters. The summed E-state index contributed by atoms with van der Waals surface area (Å²) in [7, 11) is 1.39. The number of hydrogen-bond donors (Lipinski definition) is 0. The molecule has 0 N–H and O–H groups in total. The van der Waals surface area contributed by atoms with Crippen LogP contribution >= 0.6 is 11.6 Å². The maximum atomic E-state index is 12.9. The average molecular weight is 205 g/mol. The van der Waals surface area contributed by atoms with E-state index in [4.69, 9.17) is 16.3 Å². The smallest absolute Gasteiger partial charge is 0.173 e. The van der Waals surface area contributed by atoms with Gasteiger partial charge in [-0.1, -0.05) is 25.4 Å². The van der Waals surface area contributed by atoms with Crippen molar-refractivity contribution in [2.45, 2.75) is 20.8 Å². The van der Waals surface area contributed by atoms with Crippen LogP contribution in [0, 0.1) is 12.7 Å². The van der Waals surface area contributed by atoms with Crippen LogP contribution in [0.5, 0.6) is 5.75 Å². The van der Waals surface area contributed by atoms with E-state index < -0.39 is 5.82 Å². The van der Waals surface area contributed by atoms with Crippen molar-refractivity contribution >= 4 is 11.6 Å². The van der Waals surface area contributed by atoms with Gasteiger partial charge in [0, 0.05) is 0 Å². The van der Waals surface area contributed by atoms with E-state index >= 15 is 0 Å². The Hall–Kier alpha value is -0.760. The Balaban J connectivity index is 0.000000671. The second kappa shape index (κ2) is 5.81. The lowest BCUT2D eigenvalue weighted by Gasteiger charge is -2.04. The highest BCUT2D eigenvalue weighted by molar-refractivity contribution is 6.32. The van der Waals surface area contributed by atoms with Gasteiger partial charge in [0.1, 0.15) is 0 Å². The van der Waals surface area contributed by atoms with Gasteiger partial charge in [0.05, 0.1) is 12.1 Å². The Kier molecular flexibility index (Phi) is 5.47. The summed E-state index contributed by atoms with van der Waals surface area (Å²) in [5, 5.41) is 0.310. The Morgan fingerprint density at radius 2 is 1.85 bits per heavy atom. The Morgan fingerprint density at radius 3 is 2.23 bits per heavy atom. The van der Waals surface area contributed by atoms with E-state index in [9.17, 15) is 4.39 Å². The van der Waals surface area contributed by atoms with Crippen LogP contribution in [0.2, 0.25) is 5.02 Å². The molecule has 0 fully saturated rings. The summed E-state index contributed by atoms with van der Waals surface area (Å²) in [6, 6.07) is 3.04. The first-order valence-corrected chi connectivity index (χ1v) is 4.52. The summed E-state index contributed by atoms with van der Waals surface area (Å²) in [6.45, 7) is 5.77. The van der Waals surface area contributed by atoms with Crippen LogP contribution in [-0.4, -0.2) is 7.11 Å². The van der Waals surface area contributed by atoms with Gasteiger partial charge in [-0.15, -0.1) is 0 Å². The van der Waals surface area contributed by atoms with E-state index in [0.29, 0.717) is 5.02 Å². The Morgan fingerprint density at radius 1 is 1.31 bits per heavy atom. The van der Waals surface area contributed by atoms with Crippen LogP contribution in [0.3, 0.4) is 0 Å². The van der Waals surface area contributed by atoms with E-state index in [0.717, 1.165) is 5.56 Å². The van der Waals surface area contributed by atoms with Crippen LogP contribution in [0.4, 0.5) is 4.39 Å². The fourth-order valence-corrected chi connectivity index (χ4v) is 1.22. The predicted octanol–water partition coefficient (Wildman–Crippen LogP) is 3.82. The minimum absolute atomic E-state index is 0.109. The van der Waals surface area contributed by atoms with Crippen LogP contribution < -0.4 is 4.74 Å². The van der Waals surface area contributed by atoms with Crippen LogP contribution in [0.1, 0.15) is 19.4 Å². The van der Waals surface area contributed by atoms with Gasteiger partial charge in [0.15, 0.2) is 11.6 Å². The van der Waals surface area contributed by atoms with Crippen LogP contribution in [0.15, 0.2) is 12.1 Å². The molecule has 74 valence electrons. The SMILES string of the molecule is CC.COc1c(F)cc(C)cc1Cl. The van der Waals surface area contributed by atoms with E-state index in [1.807, 2.05) is 13.8 Å². The third kappa shape index (κ3) is 3.23. The molecule has 0 aliphatic rings. The zero-order chi connectivity index (χ0) is 10.4. The minimum Gasteiger partial charge on any atom is -0.492 e. The molecular formula is C10H14ClFO. The van der Waals surface area contributed by atoms with Gasteiger partial charge in [0.25, 0.3) is 0 Å². The molecule has 0 atom stereocenters. The van der Waals surface area contributed by atoms with Crippen molar-refractivity contribution < 1.29 is 9.13 Å². The zero-order valence-electron chi connectivity index (χ0n) is 8.32. The third-order valence-electron chi connectivity index (χ3n) is 1.35. The first kappa shape index (κ1) is 12.2. The van der Waals surface area contributed by atoms with Gasteiger partial charge >= 0.3 is 0 Å². The van der Waals surface area contributed by atoms with Gasteiger partial charge in [-0.3, -0.25) is 0 Å². The Bertz CT molecular complexity index is 251. The first-order chi connectivity index (χ1) is 6.15. The maximum absolute atomic E-state index is 12.9. The summed E-state index contributed by atoms with van der Waals surface area (Å²) in [5.74, 6) is -0.310. The molecule has 0 aromatic heterocycles. The van der Waals surface area contributed by atoms with Crippen molar-refractivity contribution in [1.29, 1.82) is 0 Å². The highest BCUT2D eigenvalue weighted by Crippen LogP contribution is 2.28. The summed E-state index contributed by atoms with van der Waals surface area (Å²) < 4.78 is 17.6. The maximum Gasteiger partial charge on any atom is 0.173 e. The van der Waals surface area contributed by atoms with Crippen LogP contribution in [-0.2, 0) is 0 Å². The highest BCUT2D eigenvalue weighted by Gasteiger charge is 2.07. The van der Waals surface area contributed by atoms with E-state index in [1.54, 1.807) is 13.0 Å². The molecule has 13 heavy (non-hydrogen) atoms. The molecular weight excluding hydrogens is 191 g/mol. The van der Waals surface area contributed by atoms with Gasteiger partial charge in [-0.05, 0) is 24.6 Å². The van der Waals surface area contributed by atoms with E-state index in [1.165, 1.54) is 13.2 Å². The number of aryl methyl sites for hydroxylation is 1. The van der Waals surface area contributed by atoms with Crippen molar-refractivity contribution in [3.8, 4) is 5.75 Å². The molecule has 0 amide bonds. The number of methoxy groups -OCH3 is 1.